The molecule has 0 spiro atoms. The van der Waals surface area contributed by atoms with Crippen LogP contribution in [0.2, 0.25) is 0 Å². The van der Waals surface area contributed by atoms with Gasteiger partial charge < -0.3 is 14.8 Å². The molecule has 0 radical (unpaired) electrons. The van der Waals surface area contributed by atoms with E-state index in [1.54, 1.807) is 31.4 Å². The van der Waals surface area contributed by atoms with Gasteiger partial charge in [0.05, 0.1) is 25.1 Å². The van der Waals surface area contributed by atoms with Gasteiger partial charge in [-0.25, -0.2) is 8.42 Å². The van der Waals surface area contributed by atoms with E-state index in [1.807, 2.05) is 54.6 Å². The zero-order valence-corrected chi connectivity index (χ0v) is 21.3. The number of sulfonamides is 1. The van der Waals surface area contributed by atoms with Gasteiger partial charge in [0.15, 0.2) is 0 Å². The summed E-state index contributed by atoms with van der Waals surface area (Å²) in [5.41, 5.74) is 1.31. The number of nitrogens with zero attached hydrogens (tertiary/aromatic N) is 1. The quantitative estimate of drug-likeness (QED) is 0.397. The minimum atomic E-state index is -3.70. The molecule has 0 aliphatic rings. The molecule has 3 aromatic carbocycles. The van der Waals surface area contributed by atoms with E-state index in [0.717, 1.165) is 21.9 Å². The number of carbonyl (C=O) groups excluding carboxylic acids is 1. The summed E-state index contributed by atoms with van der Waals surface area (Å²) in [6, 6.07) is 23.2. The summed E-state index contributed by atoms with van der Waals surface area (Å²) in [5, 5.41) is 3.01. The van der Waals surface area contributed by atoms with E-state index >= 15 is 0 Å². The van der Waals surface area contributed by atoms with Crippen molar-refractivity contribution in [1.29, 1.82) is 0 Å². The highest BCUT2D eigenvalue weighted by Gasteiger charge is 2.23. The molecule has 0 bridgehead atoms. The highest BCUT2D eigenvalue weighted by Crippen LogP contribution is 2.26. The van der Waals surface area contributed by atoms with Crippen molar-refractivity contribution in [3.05, 3.63) is 84.4 Å². The number of methoxy groups -OCH3 is 1. The number of ether oxygens (including phenoxy) is 2. The third-order valence-corrected chi connectivity index (χ3v) is 6.49. The van der Waals surface area contributed by atoms with Crippen molar-refractivity contribution < 1.29 is 22.7 Å². The second-order valence-corrected chi connectivity index (χ2v) is 10.6. The summed E-state index contributed by atoms with van der Waals surface area (Å²) in [4.78, 5) is 13.0. The van der Waals surface area contributed by atoms with Crippen molar-refractivity contribution in [2.75, 3.05) is 24.2 Å². The lowest BCUT2D eigenvalue weighted by Gasteiger charge is -2.25. The van der Waals surface area contributed by atoms with Crippen LogP contribution < -0.4 is 19.1 Å². The largest absolute Gasteiger partial charge is 0.497 e. The Morgan fingerprint density at radius 3 is 2.00 bits per heavy atom. The minimum absolute atomic E-state index is 0.253. The van der Waals surface area contributed by atoms with Crippen LogP contribution in [0.3, 0.4) is 0 Å². The molecule has 0 aliphatic heterocycles. The summed E-state index contributed by atoms with van der Waals surface area (Å²) in [5.74, 6) is 1.90. The third-order valence-electron chi connectivity index (χ3n) is 5.35. The second kappa shape index (κ2) is 11.8. The summed E-state index contributed by atoms with van der Waals surface area (Å²) >= 11 is 0. The minimum Gasteiger partial charge on any atom is -0.497 e. The van der Waals surface area contributed by atoms with Gasteiger partial charge in [-0.05, 0) is 66.4 Å². The Hall–Kier alpha value is -3.52. The molecule has 186 valence electrons. The van der Waals surface area contributed by atoms with Crippen LogP contribution in [0, 0.1) is 5.92 Å². The van der Waals surface area contributed by atoms with E-state index < -0.39 is 10.0 Å². The Morgan fingerprint density at radius 2 is 1.46 bits per heavy atom. The average molecular weight is 497 g/mol. The van der Waals surface area contributed by atoms with Crippen LogP contribution in [0.25, 0.3) is 0 Å². The van der Waals surface area contributed by atoms with E-state index in [4.69, 9.17) is 9.47 Å². The van der Waals surface area contributed by atoms with Gasteiger partial charge >= 0.3 is 0 Å². The van der Waals surface area contributed by atoms with Crippen LogP contribution in [0.4, 0.5) is 5.69 Å². The highest BCUT2D eigenvalue weighted by atomic mass is 32.2. The first-order chi connectivity index (χ1) is 16.7. The average Bonchev–Trinajstić information content (AvgIpc) is 2.82. The molecule has 1 amide bonds. The molecule has 8 heteroatoms. The van der Waals surface area contributed by atoms with Crippen molar-refractivity contribution in [2.24, 2.45) is 5.92 Å². The number of hydrogen-bond donors (Lipinski definition) is 1. The zero-order chi connectivity index (χ0) is 25.4. The molecular formula is C27H32N2O5S. The molecule has 0 saturated heterocycles. The molecule has 0 aliphatic carbocycles. The Balaban J connectivity index is 1.74. The smallest absolute Gasteiger partial charge is 0.241 e. The molecule has 0 saturated carbocycles. The SMILES string of the molecule is COc1ccc(C(CC(C)C)NC(=O)CN(c2ccc(Oc3ccccc3)cc2)S(C)(=O)=O)cc1. The lowest BCUT2D eigenvalue weighted by Crippen LogP contribution is -2.41. The molecule has 1 unspecified atom stereocenters. The predicted molar refractivity (Wildman–Crippen MR) is 138 cm³/mol. The van der Waals surface area contributed by atoms with E-state index in [2.05, 4.69) is 19.2 Å². The molecule has 7 nitrogen and oxygen atoms in total. The third kappa shape index (κ3) is 7.75. The molecule has 35 heavy (non-hydrogen) atoms. The molecule has 0 aromatic heterocycles. The van der Waals surface area contributed by atoms with Crippen LogP contribution in [-0.2, 0) is 14.8 Å². The lowest BCUT2D eigenvalue weighted by atomic mass is 9.97. The summed E-state index contributed by atoms with van der Waals surface area (Å²) in [6.45, 7) is 3.82. The van der Waals surface area contributed by atoms with Crippen LogP contribution in [0.1, 0.15) is 31.9 Å². The summed E-state index contributed by atoms with van der Waals surface area (Å²) in [7, 11) is -2.10. The number of hydrogen-bond acceptors (Lipinski definition) is 5. The fraction of sp³-hybridized carbons (Fsp3) is 0.296. The van der Waals surface area contributed by atoms with Gasteiger partial charge in [-0.15, -0.1) is 0 Å². The van der Waals surface area contributed by atoms with Crippen molar-refractivity contribution >= 4 is 21.6 Å². The fourth-order valence-electron chi connectivity index (χ4n) is 3.66. The van der Waals surface area contributed by atoms with Gasteiger partial charge in [-0.1, -0.05) is 44.2 Å². The topological polar surface area (TPSA) is 84.9 Å². The van der Waals surface area contributed by atoms with E-state index in [-0.39, 0.29) is 18.5 Å². The number of benzene rings is 3. The molecule has 0 fully saturated rings. The van der Waals surface area contributed by atoms with Gasteiger partial charge in [0.1, 0.15) is 23.8 Å². The van der Waals surface area contributed by atoms with Gasteiger partial charge in [-0.3, -0.25) is 9.10 Å². The molecule has 1 N–H and O–H groups in total. The normalized spacial score (nSPS) is 12.1. The molecule has 3 rings (SSSR count). The lowest BCUT2D eigenvalue weighted by molar-refractivity contribution is -0.120. The number of rotatable bonds is 11. The first-order valence-corrected chi connectivity index (χ1v) is 13.2. The maximum absolute atomic E-state index is 13.0. The number of amides is 1. The Morgan fingerprint density at radius 1 is 0.886 bits per heavy atom. The van der Waals surface area contributed by atoms with Crippen LogP contribution in [0.5, 0.6) is 17.2 Å². The fourth-order valence-corrected chi connectivity index (χ4v) is 4.52. The second-order valence-electron chi connectivity index (χ2n) is 8.70. The Bertz CT molecular complexity index is 1190. The van der Waals surface area contributed by atoms with E-state index in [0.29, 0.717) is 29.5 Å². The maximum atomic E-state index is 13.0. The van der Waals surface area contributed by atoms with Crippen molar-refractivity contribution in [1.82, 2.24) is 5.32 Å². The van der Waals surface area contributed by atoms with Gasteiger partial charge in [0, 0.05) is 0 Å². The van der Waals surface area contributed by atoms with E-state index in [9.17, 15) is 13.2 Å². The Labute approximate surface area is 207 Å². The first kappa shape index (κ1) is 26.1. The van der Waals surface area contributed by atoms with Crippen molar-refractivity contribution in [3.63, 3.8) is 0 Å². The first-order valence-electron chi connectivity index (χ1n) is 11.4. The Kier molecular flexibility index (Phi) is 8.76. The van der Waals surface area contributed by atoms with Gasteiger partial charge in [-0.2, -0.15) is 0 Å². The van der Waals surface area contributed by atoms with Gasteiger partial charge in [0.25, 0.3) is 0 Å². The van der Waals surface area contributed by atoms with Crippen LogP contribution >= 0.6 is 0 Å². The van der Waals surface area contributed by atoms with Crippen molar-refractivity contribution in [3.8, 4) is 17.2 Å². The summed E-state index contributed by atoms with van der Waals surface area (Å²) < 4.78 is 37.2. The molecular weight excluding hydrogens is 464 g/mol. The predicted octanol–water partition coefficient (Wildman–Crippen LogP) is 5.16. The monoisotopic (exact) mass is 496 g/mol. The standard InChI is InChI=1S/C27H32N2O5S/c1-20(2)18-26(21-10-14-23(33-3)15-11-21)28-27(30)19-29(35(4,31)32)22-12-16-25(17-13-22)34-24-8-6-5-7-9-24/h5-17,20,26H,18-19H2,1-4H3,(H,28,30). The molecule has 0 heterocycles. The molecule has 1 atom stereocenters. The number of anilines is 1. The van der Waals surface area contributed by atoms with Crippen LogP contribution in [0.15, 0.2) is 78.9 Å². The maximum Gasteiger partial charge on any atom is 0.241 e. The highest BCUT2D eigenvalue weighted by molar-refractivity contribution is 7.92. The van der Waals surface area contributed by atoms with E-state index in [1.165, 1.54) is 0 Å². The number of para-hydroxylation sites is 1. The summed E-state index contributed by atoms with van der Waals surface area (Å²) in [6.07, 6.45) is 1.80. The van der Waals surface area contributed by atoms with Crippen molar-refractivity contribution in [2.45, 2.75) is 26.3 Å². The van der Waals surface area contributed by atoms with Crippen LogP contribution in [-0.4, -0.2) is 34.2 Å². The number of carbonyl (C=O) groups is 1. The van der Waals surface area contributed by atoms with Gasteiger partial charge in [0.2, 0.25) is 15.9 Å². The zero-order valence-electron chi connectivity index (χ0n) is 20.5. The molecule has 3 aromatic rings. The number of nitrogens with one attached hydrogen (secondary N) is 1.